The van der Waals surface area contributed by atoms with Gasteiger partial charge in [-0.1, -0.05) is 53.0 Å². The van der Waals surface area contributed by atoms with Crippen molar-refractivity contribution < 1.29 is 19.2 Å². The Morgan fingerprint density at radius 3 is 2.39 bits per heavy atom. The van der Waals surface area contributed by atoms with E-state index in [1.807, 2.05) is 0 Å². The maximum atomic E-state index is 13.3. The van der Waals surface area contributed by atoms with Gasteiger partial charge >= 0.3 is 5.63 Å². The molecule has 0 unspecified atom stereocenters. The number of para-hydroxylation sites is 1. The lowest BCUT2D eigenvalue weighted by Crippen LogP contribution is -2.29. The lowest BCUT2D eigenvalue weighted by molar-refractivity contribution is -0.384. The van der Waals surface area contributed by atoms with E-state index in [2.05, 4.69) is 15.8 Å². The Morgan fingerprint density at radius 1 is 1.03 bits per heavy atom. The van der Waals surface area contributed by atoms with Gasteiger partial charge in [-0.05, 0) is 30.3 Å². The summed E-state index contributed by atoms with van der Waals surface area (Å²) in [6.45, 7) is 0. The summed E-state index contributed by atoms with van der Waals surface area (Å²) in [6, 6.07) is 14.5. The number of carbonyl (C=O) groups is 1. The molecular formula is C23H13Cl3N4O6. The molecule has 4 aromatic rings. The van der Waals surface area contributed by atoms with E-state index in [0.717, 1.165) is 12.1 Å². The van der Waals surface area contributed by atoms with Gasteiger partial charge in [0.15, 0.2) is 5.71 Å². The first kappa shape index (κ1) is 25.0. The number of carbonyl (C=O) groups excluding carboxylic acids is 1. The van der Waals surface area contributed by atoms with E-state index < -0.39 is 39.2 Å². The molecule has 4 rings (SSSR count). The second-order valence-electron chi connectivity index (χ2n) is 7.19. The monoisotopic (exact) mass is 546 g/mol. The molecule has 0 saturated carbocycles. The van der Waals surface area contributed by atoms with Crippen molar-refractivity contribution in [2.75, 3.05) is 10.7 Å². The van der Waals surface area contributed by atoms with Gasteiger partial charge < -0.3 is 14.8 Å². The summed E-state index contributed by atoms with van der Waals surface area (Å²) in [4.78, 5) is 36.5. The number of hydrogen-bond acceptors (Lipinski definition) is 8. The van der Waals surface area contributed by atoms with Crippen molar-refractivity contribution >= 4 is 74.5 Å². The summed E-state index contributed by atoms with van der Waals surface area (Å²) in [6.07, 6.45) is 0. The van der Waals surface area contributed by atoms with Crippen LogP contribution in [0.2, 0.25) is 15.1 Å². The Morgan fingerprint density at radius 2 is 1.72 bits per heavy atom. The second kappa shape index (κ2) is 10.2. The molecule has 1 heterocycles. The van der Waals surface area contributed by atoms with Gasteiger partial charge in [0.1, 0.15) is 16.9 Å². The molecule has 3 N–H and O–H groups in total. The molecule has 3 aromatic carbocycles. The van der Waals surface area contributed by atoms with E-state index >= 15 is 0 Å². The highest BCUT2D eigenvalue weighted by Gasteiger charge is 2.27. The highest BCUT2D eigenvalue weighted by Crippen LogP contribution is 2.35. The van der Waals surface area contributed by atoms with Gasteiger partial charge in [-0.3, -0.25) is 20.3 Å². The van der Waals surface area contributed by atoms with Crippen LogP contribution in [-0.4, -0.2) is 21.6 Å². The Labute approximate surface area is 216 Å². The lowest BCUT2D eigenvalue weighted by atomic mass is 10.1. The van der Waals surface area contributed by atoms with Crippen LogP contribution in [0.15, 0.2) is 75.0 Å². The van der Waals surface area contributed by atoms with Crippen LogP contribution in [0.25, 0.3) is 11.0 Å². The second-order valence-corrected chi connectivity index (χ2v) is 8.44. The molecule has 1 amide bonds. The standard InChI is InChI=1S/C23H13Cl3N4O6/c24-11-4-3-5-12(8-11)28-29-20(18-21(31)14-6-1-2-7-17(14)36-23(18)33)22(32)27-19-15(25)9-13(30(34)35)10-16(19)26/h1-10,28,31H,(H,27,32)/b29-20-. The van der Waals surface area contributed by atoms with E-state index in [1.165, 1.54) is 18.2 Å². The van der Waals surface area contributed by atoms with E-state index in [-0.39, 0.29) is 26.7 Å². The zero-order chi connectivity index (χ0) is 26.0. The molecule has 0 atom stereocenters. The molecule has 0 aliphatic rings. The van der Waals surface area contributed by atoms with Crippen molar-refractivity contribution in [2.24, 2.45) is 5.10 Å². The van der Waals surface area contributed by atoms with E-state index in [9.17, 15) is 24.8 Å². The van der Waals surface area contributed by atoms with Crippen molar-refractivity contribution in [1.29, 1.82) is 0 Å². The largest absolute Gasteiger partial charge is 0.506 e. The highest BCUT2D eigenvalue weighted by atomic mass is 35.5. The first-order chi connectivity index (χ1) is 17.2. The molecule has 36 heavy (non-hydrogen) atoms. The van der Waals surface area contributed by atoms with Crippen molar-refractivity contribution in [1.82, 2.24) is 0 Å². The zero-order valence-corrected chi connectivity index (χ0v) is 20.1. The normalized spacial score (nSPS) is 11.4. The Balaban J connectivity index is 1.83. The van der Waals surface area contributed by atoms with Gasteiger partial charge in [0.2, 0.25) is 0 Å². The smallest absolute Gasteiger partial charge is 0.349 e. The van der Waals surface area contributed by atoms with Gasteiger partial charge in [-0.2, -0.15) is 5.10 Å². The number of hydrazone groups is 1. The summed E-state index contributed by atoms with van der Waals surface area (Å²) in [5.41, 5.74) is 0.310. The number of rotatable bonds is 6. The fourth-order valence-electron chi connectivity index (χ4n) is 3.20. The van der Waals surface area contributed by atoms with Crippen molar-refractivity contribution in [3.05, 3.63) is 102 Å². The first-order valence-corrected chi connectivity index (χ1v) is 11.1. The predicted octanol–water partition coefficient (Wildman–Crippen LogP) is 5.82. The first-order valence-electron chi connectivity index (χ1n) is 9.95. The minimum absolute atomic E-state index is 0.0905. The molecule has 0 bridgehead atoms. The van der Waals surface area contributed by atoms with Crippen LogP contribution in [0.5, 0.6) is 5.75 Å². The molecular weight excluding hydrogens is 535 g/mol. The third kappa shape index (κ3) is 5.10. The van der Waals surface area contributed by atoms with Gasteiger partial charge in [0.25, 0.3) is 11.6 Å². The summed E-state index contributed by atoms with van der Waals surface area (Å²) in [5.74, 6) is -1.58. The van der Waals surface area contributed by atoms with Gasteiger partial charge in [0, 0.05) is 17.2 Å². The molecule has 13 heteroatoms. The minimum Gasteiger partial charge on any atom is -0.506 e. The summed E-state index contributed by atoms with van der Waals surface area (Å²) in [7, 11) is 0. The van der Waals surface area contributed by atoms with Crippen molar-refractivity contribution in [3.8, 4) is 5.75 Å². The van der Waals surface area contributed by atoms with Crippen LogP contribution < -0.4 is 16.4 Å². The molecule has 0 aliphatic heterocycles. The Bertz CT molecular complexity index is 1600. The van der Waals surface area contributed by atoms with Crippen LogP contribution in [0, 0.1) is 10.1 Å². The molecule has 0 fully saturated rings. The van der Waals surface area contributed by atoms with Crippen LogP contribution in [0.4, 0.5) is 17.1 Å². The summed E-state index contributed by atoms with van der Waals surface area (Å²) < 4.78 is 5.26. The number of nitrogens with zero attached hydrogens (tertiary/aromatic N) is 2. The number of nitro benzene ring substituents is 1. The molecule has 182 valence electrons. The SMILES string of the molecule is O=C(Nc1c(Cl)cc([N+](=O)[O-])cc1Cl)/C(=N\Nc1cccc(Cl)c1)c1c(O)c2ccccc2oc1=O. The molecule has 10 nitrogen and oxygen atoms in total. The fourth-order valence-corrected chi connectivity index (χ4v) is 3.96. The minimum atomic E-state index is -1.05. The van der Waals surface area contributed by atoms with Gasteiger partial charge in [0.05, 0.1) is 31.7 Å². The third-order valence-corrected chi connectivity index (χ3v) is 5.67. The number of amides is 1. The number of hydrogen-bond donors (Lipinski definition) is 3. The predicted molar refractivity (Wildman–Crippen MR) is 138 cm³/mol. The summed E-state index contributed by atoms with van der Waals surface area (Å²) in [5, 5.41) is 28.4. The zero-order valence-electron chi connectivity index (χ0n) is 17.8. The number of aromatic hydroxyl groups is 1. The Hall–Kier alpha value is -4.12. The van der Waals surface area contributed by atoms with Crippen molar-refractivity contribution in [3.63, 3.8) is 0 Å². The highest BCUT2D eigenvalue weighted by molar-refractivity contribution is 6.51. The van der Waals surface area contributed by atoms with Crippen LogP contribution in [0.3, 0.4) is 0 Å². The topological polar surface area (TPSA) is 147 Å². The fraction of sp³-hybridized carbons (Fsp3) is 0. The van der Waals surface area contributed by atoms with E-state index in [1.54, 1.807) is 30.3 Å². The van der Waals surface area contributed by atoms with Crippen LogP contribution in [-0.2, 0) is 4.79 Å². The third-order valence-electron chi connectivity index (χ3n) is 4.84. The Kier molecular flexibility index (Phi) is 7.11. The van der Waals surface area contributed by atoms with Crippen LogP contribution in [0.1, 0.15) is 5.56 Å². The lowest BCUT2D eigenvalue weighted by Gasteiger charge is -2.13. The number of nitrogens with one attached hydrogen (secondary N) is 2. The average molecular weight is 548 g/mol. The van der Waals surface area contributed by atoms with E-state index in [4.69, 9.17) is 39.2 Å². The maximum Gasteiger partial charge on any atom is 0.349 e. The molecule has 0 spiro atoms. The quantitative estimate of drug-likeness (QED) is 0.119. The number of non-ortho nitro benzene ring substituents is 1. The van der Waals surface area contributed by atoms with E-state index in [0.29, 0.717) is 10.7 Å². The van der Waals surface area contributed by atoms with Crippen LogP contribution >= 0.6 is 34.8 Å². The number of fused-ring (bicyclic) bond motifs is 1. The molecule has 0 radical (unpaired) electrons. The maximum absolute atomic E-state index is 13.3. The molecule has 1 aromatic heterocycles. The molecule has 0 aliphatic carbocycles. The van der Waals surface area contributed by atoms with Crippen molar-refractivity contribution in [2.45, 2.75) is 0 Å². The number of benzene rings is 3. The van der Waals surface area contributed by atoms with Gasteiger partial charge in [-0.15, -0.1) is 0 Å². The number of halogens is 3. The number of nitro groups is 1. The summed E-state index contributed by atoms with van der Waals surface area (Å²) >= 11 is 18.2. The molecule has 0 saturated heterocycles. The van der Waals surface area contributed by atoms with Gasteiger partial charge in [-0.25, -0.2) is 4.79 Å². The average Bonchev–Trinajstić information content (AvgIpc) is 2.83. The number of anilines is 2.